The third-order valence-corrected chi connectivity index (χ3v) is 9.07. The first-order valence-corrected chi connectivity index (χ1v) is 14.8. The van der Waals surface area contributed by atoms with Crippen molar-refractivity contribution < 1.29 is 14.4 Å². The summed E-state index contributed by atoms with van der Waals surface area (Å²) < 4.78 is 0. The molecule has 1 unspecified atom stereocenters. The Kier molecular flexibility index (Phi) is 8.38. The van der Waals surface area contributed by atoms with Crippen LogP contribution in [0.25, 0.3) is 0 Å². The van der Waals surface area contributed by atoms with Gasteiger partial charge in [0, 0.05) is 49.2 Å². The van der Waals surface area contributed by atoms with Crippen molar-refractivity contribution in [3.63, 3.8) is 0 Å². The third-order valence-electron chi connectivity index (χ3n) is 7.03. The minimum Gasteiger partial charge on any atom is -0.342 e. The van der Waals surface area contributed by atoms with E-state index < -0.39 is 0 Å². The smallest absolute Gasteiger partial charge is 0.229 e. The molecule has 0 saturated carbocycles. The van der Waals surface area contributed by atoms with Gasteiger partial charge in [0.15, 0.2) is 0 Å². The number of hydrogen-bond donors (Lipinski definition) is 1. The van der Waals surface area contributed by atoms with Gasteiger partial charge in [0.25, 0.3) is 0 Å². The van der Waals surface area contributed by atoms with Crippen LogP contribution in [0.4, 0.5) is 10.8 Å². The Morgan fingerprint density at radius 3 is 2.47 bits per heavy atom. The maximum absolute atomic E-state index is 13.2. The Hall–Kier alpha value is -3.24. The van der Waals surface area contributed by atoms with Crippen LogP contribution < -0.4 is 10.2 Å². The van der Waals surface area contributed by atoms with Gasteiger partial charge in [-0.25, -0.2) is 0 Å². The maximum Gasteiger partial charge on any atom is 0.229 e. The fraction of sp³-hybridized carbons (Fsp3) is 0.393. The van der Waals surface area contributed by atoms with Gasteiger partial charge in [0.1, 0.15) is 5.01 Å². The number of nitrogens with one attached hydrogen (secondary N) is 1. The molecule has 2 aromatic carbocycles. The summed E-state index contributed by atoms with van der Waals surface area (Å²) in [5.41, 5.74) is 3.23. The molecule has 1 aromatic heterocycles. The number of benzene rings is 2. The molecule has 3 amide bonds. The fourth-order valence-electron chi connectivity index (χ4n) is 4.87. The number of anilines is 2. The van der Waals surface area contributed by atoms with Crippen molar-refractivity contribution in [2.45, 2.75) is 37.7 Å². The average molecular weight is 550 g/mol. The van der Waals surface area contributed by atoms with E-state index in [-0.39, 0.29) is 36.0 Å². The Morgan fingerprint density at radius 1 is 1.00 bits per heavy atom. The molecule has 38 heavy (non-hydrogen) atoms. The molecule has 1 N–H and O–H groups in total. The predicted molar refractivity (Wildman–Crippen MR) is 151 cm³/mol. The summed E-state index contributed by atoms with van der Waals surface area (Å²) in [6.07, 6.45) is 1.42. The molecule has 2 fully saturated rings. The average Bonchev–Trinajstić information content (AvgIpc) is 3.55. The van der Waals surface area contributed by atoms with Gasteiger partial charge in [-0.15, -0.1) is 22.0 Å². The van der Waals surface area contributed by atoms with Gasteiger partial charge in [-0.2, -0.15) is 0 Å². The Bertz CT molecular complexity index is 1270. The molecular weight excluding hydrogens is 518 g/mol. The first-order valence-electron chi connectivity index (χ1n) is 12.9. The summed E-state index contributed by atoms with van der Waals surface area (Å²) in [5.74, 6) is 1.05. The highest BCUT2D eigenvalue weighted by Crippen LogP contribution is 2.29. The van der Waals surface area contributed by atoms with E-state index in [9.17, 15) is 14.4 Å². The Balaban J connectivity index is 1.06. The molecule has 0 radical (unpaired) electrons. The molecule has 198 valence electrons. The third kappa shape index (κ3) is 6.42. The quantitative estimate of drug-likeness (QED) is 0.444. The molecule has 10 heteroatoms. The number of aromatic nitrogens is 2. The summed E-state index contributed by atoms with van der Waals surface area (Å²) in [7, 11) is 0. The van der Waals surface area contributed by atoms with Gasteiger partial charge < -0.3 is 15.1 Å². The molecule has 1 atom stereocenters. The van der Waals surface area contributed by atoms with E-state index in [0.29, 0.717) is 37.6 Å². The van der Waals surface area contributed by atoms with Gasteiger partial charge in [-0.1, -0.05) is 59.4 Å². The van der Waals surface area contributed by atoms with Crippen LogP contribution in [-0.4, -0.2) is 52.5 Å². The molecule has 2 saturated heterocycles. The van der Waals surface area contributed by atoms with Crippen molar-refractivity contribution in [1.29, 1.82) is 0 Å². The number of carbonyl (C=O) groups excluding carboxylic acids is 3. The van der Waals surface area contributed by atoms with Crippen molar-refractivity contribution in [3.8, 4) is 0 Å². The number of thioether (sulfide) groups is 1. The summed E-state index contributed by atoms with van der Waals surface area (Å²) in [4.78, 5) is 42.1. The summed E-state index contributed by atoms with van der Waals surface area (Å²) in [6.45, 7) is 3.45. The zero-order chi connectivity index (χ0) is 26.5. The second kappa shape index (κ2) is 12.1. The number of hydrogen-bond acceptors (Lipinski definition) is 7. The molecular formula is C28H31N5O3S2. The highest BCUT2D eigenvalue weighted by Gasteiger charge is 2.38. The highest BCUT2D eigenvalue weighted by atomic mass is 32.2. The van der Waals surface area contributed by atoms with E-state index in [1.54, 1.807) is 16.7 Å². The van der Waals surface area contributed by atoms with Crippen LogP contribution in [-0.2, 0) is 25.9 Å². The second-order valence-corrected chi connectivity index (χ2v) is 11.9. The molecule has 0 bridgehead atoms. The zero-order valence-electron chi connectivity index (χ0n) is 21.3. The number of likely N-dealkylation sites (tertiary alicyclic amines) is 1. The van der Waals surface area contributed by atoms with Gasteiger partial charge in [0.2, 0.25) is 22.9 Å². The minimum absolute atomic E-state index is 0.00795. The lowest BCUT2D eigenvalue weighted by Gasteiger charge is -2.32. The van der Waals surface area contributed by atoms with Crippen molar-refractivity contribution in [1.82, 2.24) is 15.1 Å². The highest BCUT2D eigenvalue weighted by molar-refractivity contribution is 7.97. The van der Waals surface area contributed by atoms with Crippen LogP contribution >= 0.6 is 23.1 Å². The molecule has 2 aliphatic heterocycles. The molecule has 3 aromatic rings. The zero-order valence-corrected chi connectivity index (χ0v) is 23.0. The lowest BCUT2D eigenvalue weighted by atomic mass is 9.94. The number of rotatable bonds is 8. The van der Waals surface area contributed by atoms with Crippen LogP contribution in [0.2, 0.25) is 0 Å². The lowest BCUT2D eigenvalue weighted by Crippen LogP contribution is -2.44. The number of piperidine rings is 1. The maximum atomic E-state index is 13.2. The number of carbonyl (C=O) groups is 3. The van der Waals surface area contributed by atoms with Crippen LogP contribution in [0.1, 0.15) is 35.4 Å². The van der Waals surface area contributed by atoms with E-state index in [1.807, 2.05) is 54.3 Å². The van der Waals surface area contributed by atoms with Gasteiger partial charge in [-0.05, 0) is 37.5 Å². The van der Waals surface area contributed by atoms with Crippen molar-refractivity contribution in [3.05, 3.63) is 70.7 Å². The minimum atomic E-state index is -0.339. The SMILES string of the molecule is Cc1ccc(N2CC(C(=O)N3CCC(C(=O)Nc4nnc(CSCc5ccccc5)s4)CC3)CC2=O)cc1. The van der Waals surface area contributed by atoms with Crippen LogP contribution in [0.3, 0.4) is 0 Å². The number of aryl methyl sites for hydroxylation is 1. The van der Waals surface area contributed by atoms with Crippen LogP contribution in [0.5, 0.6) is 0 Å². The summed E-state index contributed by atoms with van der Waals surface area (Å²) in [5, 5.41) is 12.7. The Morgan fingerprint density at radius 2 is 1.74 bits per heavy atom. The van der Waals surface area contributed by atoms with E-state index >= 15 is 0 Å². The number of nitrogens with zero attached hydrogens (tertiary/aromatic N) is 4. The van der Waals surface area contributed by atoms with Crippen molar-refractivity contribution in [2.75, 3.05) is 29.9 Å². The molecule has 0 spiro atoms. The topological polar surface area (TPSA) is 95.5 Å². The van der Waals surface area contributed by atoms with E-state index in [1.165, 1.54) is 16.9 Å². The first kappa shape index (κ1) is 26.4. The van der Waals surface area contributed by atoms with E-state index in [0.717, 1.165) is 27.8 Å². The molecule has 5 rings (SSSR count). The second-order valence-electron chi connectivity index (χ2n) is 9.81. The van der Waals surface area contributed by atoms with Crippen molar-refractivity contribution in [2.24, 2.45) is 11.8 Å². The first-order chi connectivity index (χ1) is 18.5. The summed E-state index contributed by atoms with van der Waals surface area (Å²) in [6, 6.07) is 18.1. The van der Waals surface area contributed by atoms with Gasteiger partial charge >= 0.3 is 0 Å². The monoisotopic (exact) mass is 549 g/mol. The largest absolute Gasteiger partial charge is 0.342 e. The van der Waals surface area contributed by atoms with Crippen LogP contribution in [0, 0.1) is 18.8 Å². The summed E-state index contributed by atoms with van der Waals surface area (Å²) >= 11 is 3.17. The molecule has 0 aliphatic carbocycles. The predicted octanol–water partition coefficient (Wildman–Crippen LogP) is 4.51. The standard InChI is InChI=1S/C28H31N5O3S2/c1-19-7-9-23(10-8-19)33-16-22(15-25(33)34)27(36)32-13-11-21(12-14-32)26(35)29-28-31-30-24(38-28)18-37-17-20-5-3-2-4-6-20/h2-10,21-22H,11-18H2,1H3,(H,29,31,35). The van der Waals surface area contributed by atoms with Crippen molar-refractivity contribution >= 4 is 51.6 Å². The van der Waals surface area contributed by atoms with Gasteiger partial charge in [0.05, 0.1) is 5.92 Å². The van der Waals surface area contributed by atoms with Crippen LogP contribution in [0.15, 0.2) is 54.6 Å². The Labute approximate surface area is 230 Å². The van der Waals surface area contributed by atoms with E-state index in [2.05, 4.69) is 27.6 Å². The number of amides is 3. The van der Waals surface area contributed by atoms with Gasteiger partial charge in [-0.3, -0.25) is 14.4 Å². The molecule has 3 heterocycles. The van der Waals surface area contributed by atoms with E-state index in [4.69, 9.17) is 0 Å². The lowest BCUT2D eigenvalue weighted by molar-refractivity contribution is -0.138. The molecule has 8 nitrogen and oxygen atoms in total. The normalized spacial score (nSPS) is 18.1. The molecule has 2 aliphatic rings. The fourth-order valence-corrected chi connectivity index (χ4v) is 6.65.